The number of carbonyl (C=O) groups is 1. The fraction of sp³-hybridized carbons (Fsp3) is 0.263. The van der Waals surface area contributed by atoms with Crippen LogP contribution >= 0.6 is 0 Å². The molecule has 3 rings (SSSR count). The van der Waals surface area contributed by atoms with Crippen molar-refractivity contribution in [3.8, 4) is 5.82 Å². The number of aromatic nitrogens is 4. The van der Waals surface area contributed by atoms with Crippen molar-refractivity contribution in [2.75, 3.05) is 18.4 Å². The predicted octanol–water partition coefficient (Wildman–Crippen LogP) is 3.14. The molecule has 29 heavy (non-hydrogen) atoms. The van der Waals surface area contributed by atoms with Crippen LogP contribution in [0.4, 0.5) is 19.0 Å². The van der Waals surface area contributed by atoms with Crippen molar-refractivity contribution < 1.29 is 18.0 Å². The number of hydrogen-bond acceptors (Lipinski definition) is 5. The SMILES string of the molecule is Cc1cc(C)n(-c2cc(NCCNC(=O)c3ccccc3C(F)(F)F)ncn2)n1. The molecule has 152 valence electrons. The number of anilines is 1. The molecule has 0 saturated heterocycles. The molecule has 2 N–H and O–H groups in total. The average molecular weight is 404 g/mol. The maximum atomic E-state index is 13.0. The van der Waals surface area contributed by atoms with Gasteiger partial charge in [-0.25, -0.2) is 14.6 Å². The largest absolute Gasteiger partial charge is 0.417 e. The monoisotopic (exact) mass is 404 g/mol. The number of alkyl halides is 3. The molecule has 2 heterocycles. The minimum atomic E-state index is -4.59. The smallest absolute Gasteiger partial charge is 0.368 e. The van der Waals surface area contributed by atoms with Gasteiger partial charge in [-0.3, -0.25) is 4.79 Å². The predicted molar refractivity (Wildman–Crippen MR) is 101 cm³/mol. The van der Waals surface area contributed by atoms with Gasteiger partial charge in [0.2, 0.25) is 0 Å². The van der Waals surface area contributed by atoms with Crippen molar-refractivity contribution in [1.82, 2.24) is 25.1 Å². The van der Waals surface area contributed by atoms with Gasteiger partial charge >= 0.3 is 6.18 Å². The first-order valence-corrected chi connectivity index (χ1v) is 8.79. The summed E-state index contributed by atoms with van der Waals surface area (Å²) in [5, 5.41) is 9.83. The lowest BCUT2D eigenvalue weighted by atomic mass is 10.1. The van der Waals surface area contributed by atoms with E-state index in [-0.39, 0.29) is 13.1 Å². The fourth-order valence-electron chi connectivity index (χ4n) is 2.81. The number of nitrogens with zero attached hydrogens (tertiary/aromatic N) is 4. The summed E-state index contributed by atoms with van der Waals surface area (Å²) >= 11 is 0. The van der Waals surface area contributed by atoms with Gasteiger partial charge in [0, 0.05) is 24.8 Å². The van der Waals surface area contributed by atoms with Gasteiger partial charge in [0.25, 0.3) is 5.91 Å². The number of rotatable bonds is 6. The van der Waals surface area contributed by atoms with Crippen molar-refractivity contribution in [1.29, 1.82) is 0 Å². The first kappa shape index (κ1) is 20.3. The average Bonchev–Trinajstić information content (AvgIpc) is 3.03. The number of hydrogen-bond donors (Lipinski definition) is 2. The number of amides is 1. The molecule has 0 aliphatic rings. The van der Waals surface area contributed by atoms with E-state index in [4.69, 9.17) is 0 Å². The first-order valence-electron chi connectivity index (χ1n) is 8.79. The van der Waals surface area contributed by atoms with E-state index in [1.54, 1.807) is 10.7 Å². The highest BCUT2D eigenvalue weighted by molar-refractivity contribution is 5.95. The van der Waals surface area contributed by atoms with Crippen LogP contribution in [0.5, 0.6) is 0 Å². The van der Waals surface area contributed by atoms with E-state index in [9.17, 15) is 18.0 Å². The standard InChI is InChI=1S/C19H19F3N6O/c1-12-9-13(2)28(27-12)17-10-16(25-11-26-17)23-7-8-24-18(29)14-5-3-4-6-15(14)19(20,21)22/h3-6,9-11H,7-8H2,1-2H3,(H,24,29)(H,23,25,26). The number of halogens is 3. The van der Waals surface area contributed by atoms with Crippen LogP contribution < -0.4 is 10.6 Å². The van der Waals surface area contributed by atoms with Gasteiger partial charge in [-0.1, -0.05) is 12.1 Å². The van der Waals surface area contributed by atoms with Crippen molar-refractivity contribution >= 4 is 11.7 Å². The molecule has 0 radical (unpaired) electrons. The Labute approximate surface area is 165 Å². The second-order valence-corrected chi connectivity index (χ2v) is 6.33. The Kier molecular flexibility index (Phi) is 5.81. The molecule has 10 heteroatoms. The third-order valence-electron chi connectivity index (χ3n) is 4.07. The van der Waals surface area contributed by atoms with E-state index in [0.717, 1.165) is 23.5 Å². The Balaban J connectivity index is 1.58. The van der Waals surface area contributed by atoms with Gasteiger partial charge in [0.15, 0.2) is 5.82 Å². The highest BCUT2D eigenvalue weighted by atomic mass is 19.4. The quantitative estimate of drug-likeness (QED) is 0.617. The van der Waals surface area contributed by atoms with Crippen LogP contribution in [0.15, 0.2) is 42.7 Å². The zero-order valence-electron chi connectivity index (χ0n) is 15.8. The lowest BCUT2D eigenvalue weighted by Gasteiger charge is -2.13. The Morgan fingerprint density at radius 2 is 1.86 bits per heavy atom. The maximum absolute atomic E-state index is 13.0. The topological polar surface area (TPSA) is 84.7 Å². The number of aryl methyl sites for hydroxylation is 2. The van der Waals surface area contributed by atoms with Crippen LogP contribution in [0.25, 0.3) is 5.82 Å². The summed E-state index contributed by atoms with van der Waals surface area (Å²) < 4.78 is 40.7. The summed E-state index contributed by atoms with van der Waals surface area (Å²) in [4.78, 5) is 20.4. The van der Waals surface area contributed by atoms with Crippen molar-refractivity contribution in [2.24, 2.45) is 0 Å². The van der Waals surface area contributed by atoms with Gasteiger partial charge in [-0.2, -0.15) is 18.3 Å². The van der Waals surface area contributed by atoms with Gasteiger partial charge in [0.05, 0.1) is 16.8 Å². The molecule has 3 aromatic rings. The van der Waals surface area contributed by atoms with Gasteiger partial charge in [-0.15, -0.1) is 0 Å². The number of benzene rings is 1. The van der Waals surface area contributed by atoms with E-state index in [0.29, 0.717) is 11.6 Å². The van der Waals surface area contributed by atoms with Crippen LogP contribution in [0.3, 0.4) is 0 Å². The Hall–Kier alpha value is -3.43. The fourth-order valence-corrected chi connectivity index (χ4v) is 2.81. The third-order valence-corrected chi connectivity index (χ3v) is 4.07. The van der Waals surface area contributed by atoms with Crippen LogP contribution in [-0.2, 0) is 6.18 Å². The van der Waals surface area contributed by atoms with E-state index in [2.05, 4.69) is 25.7 Å². The van der Waals surface area contributed by atoms with Crippen LogP contribution in [0, 0.1) is 13.8 Å². The van der Waals surface area contributed by atoms with Crippen LogP contribution in [0.2, 0.25) is 0 Å². The minimum Gasteiger partial charge on any atom is -0.368 e. The highest BCUT2D eigenvalue weighted by Crippen LogP contribution is 2.31. The second-order valence-electron chi connectivity index (χ2n) is 6.33. The summed E-state index contributed by atoms with van der Waals surface area (Å²) in [6, 6.07) is 8.29. The minimum absolute atomic E-state index is 0.115. The number of carbonyl (C=O) groups excluding carboxylic acids is 1. The zero-order chi connectivity index (χ0) is 21.0. The zero-order valence-corrected chi connectivity index (χ0v) is 15.8. The molecule has 0 unspecified atom stereocenters. The molecule has 1 amide bonds. The lowest BCUT2D eigenvalue weighted by molar-refractivity contribution is -0.137. The molecule has 0 spiro atoms. The molecule has 0 atom stereocenters. The molecule has 0 aliphatic carbocycles. The second kappa shape index (κ2) is 8.29. The van der Waals surface area contributed by atoms with Crippen molar-refractivity contribution in [2.45, 2.75) is 20.0 Å². The highest BCUT2D eigenvalue weighted by Gasteiger charge is 2.34. The molecule has 2 aromatic heterocycles. The molecule has 7 nitrogen and oxygen atoms in total. The normalized spacial score (nSPS) is 11.3. The van der Waals surface area contributed by atoms with Crippen molar-refractivity contribution in [3.05, 3.63) is 65.2 Å². The first-order chi connectivity index (χ1) is 13.8. The molecular weight excluding hydrogens is 385 g/mol. The van der Waals surface area contributed by atoms with E-state index in [1.165, 1.54) is 18.5 Å². The molecular formula is C19H19F3N6O. The molecule has 0 bridgehead atoms. The van der Waals surface area contributed by atoms with E-state index < -0.39 is 23.2 Å². The summed E-state index contributed by atoms with van der Waals surface area (Å²) in [6.45, 7) is 4.17. The maximum Gasteiger partial charge on any atom is 0.417 e. The number of nitrogens with one attached hydrogen (secondary N) is 2. The summed E-state index contributed by atoms with van der Waals surface area (Å²) in [6.07, 6.45) is -3.21. The van der Waals surface area contributed by atoms with Gasteiger partial charge < -0.3 is 10.6 Å². The summed E-state index contributed by atoms with van der Waals surface area (Å²) in [7, 11) is 0. The molecule has 1 aromatic carbocycles. The lowest BCUT2D eigenvalue weighted by Crippen LogP contribution is -2.30. The molecule has 0 fully saturated rings. The summed E-state index contributed by atoms with van der Waals surface area (Å²) in [5.74, 6) is 0.300. The third kappa shape index (κ3) is 4.89. The van der Waals surface area contributed by atoms with E-state index in [1.807, 2.05) is 19.9 Å². The van der Waals surface area contributed by atoms with Crippen LogP contribution in [0.1, 0.15) is 27.3 Å². The summed E-state index contributed by atoms with van der Waals surface area (Å²) in [5.41, 5.74) is 0.407. The Bertz CT molecular complexity index is 1020. The Morgan fingerprint density at radius 3 is 2.55 bits per heavy atom. The Morgan fingerprint density at radius 1 is 1.10 bits per heavy atom. The molecule has 0 saturated carbocycles. The van der Waals surface area contributed by atoms with Gasteiger partial charge in [0.1, 0.15) is 12.1 Å². The van der Waals surface area contributed by atoms with E-state index >= 15 is 0 Å². The van der Waals surface area contributed by atoms with Crippen LogP contribution in [-0.4, -0.2) is 38.7 Å². The van der Waals surface area contributed by atoms with Gasteiger partial charge in [-0.05, 0) is 32.0 Å². The molecule has 0 aliphatic heterocycles. The van der Waals surface area contributed by atoms with Crippen molar-refractivity contribution in [3.63, 3.8) is 0 Å².